The summed E-state index contributed by atoms with van der Waals surface area (Å²) < 4.78 is 11.5. The van der Waals surface area contributed by atoms with Crippen molar-refractivity contribution >= 4 is 22.6 Å². The molecule has 1 atom stereocenters. The van der Waals surface area contributed by atoms with Gasteiger partial charge in [0.2, 0.25) is 0 Å². The van der Waals surface area contributed by atoms with E-state index in [0.29, 0.717) is 5.02 Å². The third kappa shape index (κ3) is 2.23. The highest BCUT2D eigenvalue weighted by Gasteiger charge is 2.21. The van der Waals surface area contributed by atoms with Gasteiger partial charge in [-0.05, 0) is 51.2 Å². The Bertz CT molecular complexity index is 757. The zero-order valence-electron chi connectivity index (χ0n) is 11.7. The molecular formula is C16H16ClNO2. The van der Waals surface area contributed by atoms with Crippen LogP contribution in [0.4, 0.5) is 0 Å². The maximum Gasteiger partial charge on any atom is 0.134 e. The third-order valence-electron chi connectivity index (χ3n) is 3.46. The predicted molar refractivity (Wildman–Crippen MR) is 80.3 cm³/mol. The number of nitrogens with one attached hydrogen (secondary N) is 1. The van der Waals surface area contributed by atoms with Crippen LogP contribution >= 0.6 is 11.6 Å². The van der Waals surface area contributed by atoms with Crippen molar-refractivity contribution in [2.45, 2.75) is 19.9 Å². The fourth-order valence-corrected chi connectivity index (χ4v) is 2.75. The predicted octanol–water partition coefficient (Wildman–Crippen LogP) is 4.60. The molecule has 2 heterocycles. The molecule has 0 aliphatic rings. The largest absolute Gasteiger partial charge is 0.466 e. The number of benzene rings is 1. The molecule has 0 fully saturated rings. The normalized spacial score (nSPS) is 13.0. The number of hydrogen-bond acceptors (Lipinski definition) is 3. The standard InChI is InChI=1S/C16H16ClNO2/c1-9-6-13(10(2)19-9)16(18-3)15-8-11-7-12(17)4-5-14(11)20-15/h4-8,16,18H,1-3H3. The topological polar surface area (TPSA) is 38.3 Å². The molecule has 3 aromatic rings. The molecule has 0 spiro atoms. The van der Waals surface area contributed by atoms with Crippen molar-refractivity contribution in [1.82, 2.24) is 5.32 Å². The average Bonchev–Trinajstić information content (AvgIpc) is 2.94. The van der Waals surface area contributed by atoms with E-state index in [1.165, 1.54) is 0 Å². The lowest BCUT2D eigenvalue weighted by molar-refractivity contribution is 0.471. The lowest BCUT2D eigenvalue weighted by Gasteiger charge is -2.12. The number of hydrogen-bond donors (Lipinski definition) is 1. The van der Waals surface area contributed by atoms with Crippen molar-refractivity contribution in [2.75, 3.05) is 7.05 Å². The van der Waals surface area contributed by atoms with Gasteiger partial charge in [-0.1, -0.05) is 11.6 Å². The molecule has 0 aliphatic carbocycles. The molecule has 3 rings (SSSR count). The fraction of sp³-hybridized carbons (Fsp3) is 0.250. The van der Waals surface area contributed by atoms with Crippen molar-refractivity contribution in [3.63, 3.8) is 0 Å². The van der Waals surface area contributed by atoms with E-state index in [2.05, 4.69) is 5.32 Å². The first-order valence-electron chi connectivity index (χ1n) is 6.51. The average molecular weight is 290 g/mol. The van der Waals surface area contributed by atoms with Gasteiger partial charge >= 0.3 is 0 Å². The Morgan fingerprint density at radius 1 is 1.10 bits per heavy atom. The zero-order valence-corrected chi connectivity index (χ0v) is 12.4. The summed E-state index contributed by atoms with van der Waals surface area (Å²) in [6, 6.07) is 9.66. The van der Waals surface area contributed by atoms with E-state index in [1.54, 1.807) is 0 Å². The van der Waals surface area contributed by atoms with Crippen LogP contribution in [0.1, 0.15) is 28.9 Å². The molecule has 3 nitrogen and oxygen atoms in total. The number of halogens is 1. The van der Waals surface area contributed by atoms with Crippen LogP contribution in [0.3, 0.4) is 0 Å². The highest BCUT2D eigenvalue weighted by atomic mass is 35.5. The van der Waals surface area contributed by atoms with Gasteiger partial charge in [-0.15, -0.1) is 0 Å². The Hall–Kier alpha value is -1.71. The molecule has 0 amide bonds. The molecule has 1 unspecified atom stereocenters. The van der Waals surface area contributed by atoms with Crippen LogP contribution < -0.4 is 5.32 Å². The molecular weight excluding hydrogens is 274 g/mol. The second-order valence-corrected chi connectivity index (χ2v) is 5.36. The van der Waals surface area contributed by atoms with Crippen molar-refractivity contribution in [3.8, 4) is 0 Å². The van der Waals surface area contributed by atoms with Crippen LogP contribution in [0.5, 0.6) is 0 Å². The summed E-state index contributed by atoms with van der Waals surface area (Å²) in [5.41, 5.74) is 1.93. The van der Waals surface area contributed by atoms with E-state index in [9.17, 15) is 0 Å². The van der Waals surface area contributed by atoms with Crippen molar-refractivity contribution in [2.24, 2.45) is 0 Å². The highest BCUT2D eigenvalue weighted by Crippen LogP contribution is 2.32. The van der Waals surface area contributed by atoms with Crippen LogP contribution in [0, 0.1) is 13.8 Å². The maximum atomic E-state index is 6.01. The van der Waals surface area contributed by atoms with Gasteiger partial charge in [0.1, 0.15) is 22.9 Å². The van der Waals surface area contributed by atoms with Gasteiger partial charge in [-0.2, -0.15) is 0 Å². The second-order valence-electron chi connectivity index (χ2n) is 4.92. The third-order valence-corrected chi connectivity index (χ3v) is 3.70. The molecule has 0 saturated heterocycles. The van der Waals surface area contributed by atoms with Crippen LogP contribution in [0.25, 0.3) is 11.0 Å². The quantitative estimate of drug-likeness (QED) is 0.765. The minimum absolute atomic E-state index is 0.0291. The lowest BCUT2D eigenvalue weighted by Crippen LogP contribution is -2.17. The van der Waals surface area contributed by atoms with Crippen molar-refractivity contribution < 1.29 is 8.83 Å². The second kappa shape index (κ2) is 5.00. The minimum Gasteiger partial charge on any atom is -0.466 e. The molecule has 2 aromatic heterocycles. The zero-order chi connectivity index (χ0) is 14.3. The Morgan fingerprint density at radius 2 is 1.90 bits per heavy atom. The fourth-order valence-electron chi connectivity index (χ4n) is 2.57. The highest BCUT2D eigenvalue weighted by molar-refractivity contribution is 6.31. The van der Waals surface area contributed by atoms with Crippen LogP contribution in [0.15, 0.2) is 39.2 Å². The van der Waals surface area contributed by atoms with E-state index >= 15 is 0 Å². The molecule has 0 bridgehead atoms. The van der Waals surface area contributed by atoms with Crippen LogP contribution in [0.2, 0.25) is 5.02 Å². The van der Waals surface area contributed by atoms with E-state index in [0.717, 1.165) is 33.8 Å². The molecule has 0 radical (unpaired) electrons. The first kappa shape index (κ1) is 13.3. The molecule has 104 valence electrons. The summed E-state index contributed by atoms with van der Waals surface area (Å²) in [6.45, 7) is 3.91. The Kier molecular flexibility index (Phi) is 3.32. The molecule has 20 heavy (non-hydrogen) atoms. The monoisotopic (exact) mass is 289 g/mol. The van der Waals surface area contributed by atoms with Crippen LogP contribution in [-0.2, 0) is 0 Å². The Balaban J connectivity index is 2.09. The van der Waals surface area contributed by atoms with Crippen molar-refractivity contribution in [3.05, 3.63) is 58.2 Å². The number of furan rings is 2. The molecule has 0 aliphatic heterocycles. The molecule has 0 saturated carbocycles. The van der Waals surface area contributed by atoms with E-state index < -0.39 is 0 Å². The summed E-state index contributed by atoms with van der Waals surface area (Å²) >= 11 is 6.01. The number of aryl methyl sites for hydroxylation is 2. The van der Waals surface area contributed by atoms with E-state index in [1.807, 2.05) is 51.2 Å². The minimum atomic E-state index is -0.0291. The lowest BCUT2D eigenvalue weighted by atomic mass is 10.1. The summed E-state index contributed by atoms with van der Waals surface area (Å²) in [6.07, 6.45) is 0. The first-order chi connectivity index (χ1) is 9.58. The molecule has 1 aromatic carbocycles. The van der Waals surface area contributed by atoms with E-state index in [-0.39, 0.29) is 6.04 Å². The van der Waals surface area contributed by atoms with Gasteiger partial charge < -0.3 is 14.2 Å². The van der Waals surface area contributed by atoms with E-state index in [4.69, 9.17) is 20.4 Å². The van der Waals surface area contributed by atoms with Gasteiger partial charge in [-0.25, -0.2) is 0 Å². The number of fused-ring (bicyclic) bond motifs is 1. The molecule has 1 N–H and O–H groups in total. The summed E-state index contributed by atoms with van der Waals surface area (Å²) in [5, 5.41) is 4.99. The van der Waals surface area contributed by atoms with Gasteiger partial charge in [0.05, 0.1) is 6.04 Å². The van der Waals surface area contributed by atoms with Gasteiger partial charge in [0.15, 0.2) is 0 Å². The van der Waals surface area contributed by atoms with Crippen molar-refractivity contribution in [1.29, 1.82) is 0 Å². The Labute approximate surface area is 122 Å². The summed E-state index contributed by atoms with van der Waals surface area (Å²) in [4.78, 5) is 0. The van der Waals surface area contributed by atoms with Gasteiger partial charge in [0.25, 0.3) is 0 Å². The first-order valence-corrected chi connectivity index (χ1v) is 6.89. The van der Waals surface area contributed by atoms with Crippen LogP contribution in [-0.4, -0.2) is 7.05 Å². The smallest absolute Gasteiger partial charge is 0.134 e. The number of rotatable bonds is 3. The Morgan fingerprint density at radius 3 is 2.55 bits per heavy atom. The maximum absolute atomic E-state index is 6.01. The van der Waals surface area contributed by atoms with Gasteiger partial charge in [-0.3, -0.25) is 0 Å². The summed E-state index contributed by atoms with van der Waals surface area (Å²) in [7, 11) is 1.91. The molecule has 4 heteroatoms. The SMILES string of the molecule is CNC(c1cc2cc(Cl)ccc2o1)c1cc(C)oc1C. The summed E-state index contributed by atoms with van der Waals surface area (Å²) in [5.74, 6) is 2.66. The van der Waals surface area contributed by atoms with Gasteiger partial charge in [0, 0.05) is 16.0 Å².